The molecule has 0 aromatic heterocycles. The topological polar surface area (TPSA) is 78.5 Å². The maximum Gasteiger partial charge on any atom is 0.253 e. The van der Waals surface area contributed by atoms with Crippen molar-refractivity contribution in [1.82, 2.24) is 15.5 Å². The van der Waals surface area contributed by atoms with Crippen LogP contribution in [0.2, 0.25) is 0 Å². The number of piperidine rings is 1. The lowest BCUT2D eigenvalue weighted by atomic mass is 9.88. The van der Waals surface area contributed by atoms with Crippen LogP contribution in [0.3, 0.4) is 0 Å². The van der Waals surface area contributed by atoms with E-state index in [9.17, 15) is 14.4 Å². The summed E-state index contributed by atoms with van der Waals surface area (Å²) in [5.41, 5.74) is 2.29. The summed E-state index contributed by atoms with van der Waals surface area (Å²) in [5.74, 6) is -0.566. The van der Waals surface area contributed by atoms with Crippen LogP contribution < -0.4 is 10.6 Å². The largest absolute Gasteiger partial charge is 0.351 e. The van der Waals surface area contributed by atoms with Crippen molar-refractivity contribution >= 4 is 17.7 Å². The van der Waals surface area contributed by atoms with E-state index in [-0.39, 0.29) is 23.6 Å². The second kappa shape index (κ2) is 10.6. The minimum absolute atomic E-state index is 0.000528. The highest BCUT2D eigenvalue weighted by Crippen LogP contribution is 2.23. The number of nitrogens with one attached hydrogen (secondary N) is 2. The Balaban J connectivity index is 1.66. The first-order chi connectivity index (χ1) is 15.0. The maximum absolute atomic E-state index is 12.8. The lowest BCUT2D eigenvalue weighted by molar-refractivity contribution is -0.124. The van der Waals surface area contributed by atoms with Crippen molar-refractivity contribution in [2.24, 2.45) is 5.92 Å². The molecule has 0 saturated carbocycles. The zero-order valence-electron chi connectivity index (χ0n) is 17.8. The van der Waals surface area contributed by atoms with Crippen LogP contribution in [0.4, 0.5) is 0 Å². The number of hydrogen-bond donors (Lipinski definition) is 2. The van der Waals surface area contributed by atoms with Gasteiger partial charge >= 0.3 is 0 Å². The molecule has 3 amide bonds. The van der Waals surface area contributed by atoms with E-state index in [0.717, 1.165) is 5.56 Å². The molecule has 2 aromatic rings. The van der Waals surface area contributed by atoms with Crippen LogP contribution in [-0.2, 0) is 4.79 Å². The zero-order valence-corrected chi connectivity index (χ0v) is 17.8. The summed E-state index contributed by atoms with van der Waals surface area (Å²) in [6.45, 7) is 7.04. The molecule has 2 N–H and O–H groups in total. The number of carbonyl (C=O) groups excluding carboxylic acids is 3. The Labute approximate surface area is 183 Å². The van der Waals surface area contributed by atoms with E-state index in [1.165, 1.54) is 0 Å². The summed E-state index contributed by atoms with van der Waals surface area (Å²) in [7, 11) is 0. The Morgan fingerprint density at radius 2 is 1.68 bits per heavy atom. The van der Waals surface area contributed by atoms with Crippen LogP contribution >= 0.6 is 0 Å². The van der Waals surface area contributed by atoms with Gasteiger partial charge in [-0.15, -0.1) is 6.58 Å². The molecule has 1 atom stereocenters. The monoisotopic (exact) mass is 419 g/mol. The standard InChI is InChI=1S/C25H29N3O3/c1-3-15-26-24(30)22(27-23(29)20-7-5-4-6-8-20)19-13-16-28(17-14-19)25(31)21-11-9-18(2)10-12-21/h3-12,19,22H,1,13-17H2,2H3,(H,26,30)(H,27,29). The van der Waals surface area contributed by atoms with Crippen molar-refractivity contribution in [3.05, 3.63) is 83.9 Å². The summed E-state index contributed by atoms with van der Waals surface area (Å²) in [4.78, 5) is 40.1. The first-order valence-electron chi connectivity index (χ1n) is 10.6. The number of nitrogens with zero attached hydrogens (tertiary/aromatic N) is 1. The first-order valence-corrected chi connectivity index (χ1v) is 10.6. The van der Waals surface area contributed by atoms with Crippen molar-refractivity contribution < 1.29 is 14.4 Å². The van der Waals surface area contributed by atoms with E-state index in [1.54, 1.807) is 30.3 Å². The Morgan fingerprint density at radius 1 is 1.03 bits per heavy atom. The molecule has 1 aliphatic heterocycles. The smallest absolute Gasteiger partial charge is 0.253 e. The Kier molecular flexibility index (Phi) is 7.60. The van der Waals surface area contributed by atoms with Gasteiger partial charge in [0.15, 0.2) is 0 Å². The highest BCUT2D eigenvalue weighted by molar-refractivity contribution is 5.97. The van der Waals surface area contributed by atoms with Gasteiger partial charge in [-0.2, -0.15) is 0 Å². The third kappa shape index (κ3) is 5.81. The van der Waals surface area contributed by atoms with Gasteiger partial charge in [0.1, 0.15) is 6.04 Å². The summed E-state index contributed by atoms with van der Waals surface area (Å²) >= 11 is 0. The minimum Gasteiger partial charge on any atom is -0.351 e. The Bertz CT molecular complexity index is 917. The van der Waals surface area contributed by atoms with Crippen LogP contribution in [-0.4, -0.2) is 48.3 Å². The van der Waals surface area contributed by atoms with Gasteiger partial charge in [0.25, 0.3) is 11.8 Å². The lowest BCUT2D eigenvalue weighted by Gasteiger charge is -2.35. The van der Waals surface area contributed by atoms with Gasteiger partial charge in [0, 0.05) is 30.8 Å². The predicted molar refractivity (Wildman–Crippen MR) is 121 cm³/mol. The van der Waals surface area contributed by atoms with Gasteiger partial charge in [0.05, 0.1) is 0 Å². The van der Waals surface area contributed by atoms with Crippen molar-refractivity contribution in [2.45, 2.75) is 25.8 Å². The van der Waals surface area contributed by atoms with Crippen LogP contribution in [0.5, 0.6) is 0 Å². The van der Waals surface area contributed by atoms with Crippen molar-refractivity contribution in [2.75, 3.05) is 19.6 Å². The highest BCUT2D eigenvalue weighted by Gasteiger charge is 2.34. The van der Waals surface area contributed by atoms with Crippen LogP contribution in [0.1, 0.15) is 39.1 Å². The average molecular weight is 420 g/mol. The molecular formula is C25H29N3O3. The molecule has 0 bridgehead atoms. The normalized spacial score (nSPS) is 15.1. The number of likely N-dealkylation sites (tertiary alicyclic amines) is 1. The van der Waals surface area contributed by atoms with E-state index in [0.29, 0.717) is 43.6 Å². The molecule has 1 saturated heterocycles. The molecule has 2 aromatic carbocycles. The minimum atomic E-state index is -0.663. The van der Waals surface area contributed by atoms with E-state index < -0.39 is 6.04 Å². The molecule has 3 rings (SSSR count). The predicted octanol–water partition coefficient (Wildman–Crippen LogP) is 2.95. The quantitative estimate of drug-likeness (QED) is 0.678. The number of aryl methyl sites for hydroxylation is 1. The SMILES string of the molecule is C=CCNC(=O)C(NC(=O)c1ccccc1)C1CCN(C(=O)c2ccc(C)cc2)CC1. The molecule has 1 fully saturated rings. The fraction of sp³-hybridized carbons (Fsp3) is 0.320. The summed E-state index contributed by atoms with van der Waals surface area (Å²) in [6, 6.07) is 15.7. The summed E-state index contributed by atoms with van der Waals surface area (Å²) in [5, 5.41) is 5.70. The third-order valence-electron chi connectivity index (χ3n) is 5.62. The second-order valence-corrected chi connectivity index (χ2v) is 7.85. The Morgan fingerprint density at radius 3 is 2.29 bits per heavy atom. The van der Waals surface area contributed by atoms with Crippen molar-refractivity contribution in [3.63, 3.8) is 0 Å². The lowest BCUT2D eigenvalue weighted by Crippen LogP contribution is -2.53. The Hall–Kier alpha value is -3.41. The molecule has 31 heavy (non-hydrogen) atoms. The van der Waals surface area contributed by atoms with Gasteiger partial charge in [-0.3, -0.25) is 14.4 Å². The summed E-state index contributed by atoms with van der Waals surface area (Å²) in [6.07, 6.45) is 2.88. The van der Waals surface area contributed by atoms with E-state index in [1.807, 2.05) is 42.2 Å². The molecule has 6 heteroatoms. The van der Waals surface area contributed by atoms with Crippen molar-refractivity contribution in [1.29, 1.82) is 0 Å². The zero-order chi connectivity index (χ0) is 22.2. The second-order valence-electron chi connectivity index (χ2n) is 7.85. The molecule has 6 nitrogen and oxygen atoms in total. The molecule has 1 unspecified atom stereocenters. The summed E-state index contributed by atoms with van der Waals surface area (Å²) < 4.78 is 0. The number of benzene rings is 2. The van der Waals surface area contributed by atoms with Crippen LogP contribution in [0.25, 0.3) is 0 Å². The number of carbonyl (C=O) groups is 3. The van der Waals surface area contributed by atoms with Gasteiger partial charge in [0.2, 0.25) is 5.91 Å². The van der Waals surface area contributed by atoms with Crippen LogP contribution in [0.15, 0.2) is 67.3 Å². The van der Waals surface area contributed by atoms with Crippen LogP contribution in [0, 0.1) is 12.8 Å². The van der Waals surface area contributed by atoms with E-state index in [4.69, 9.17) is 0 Å². The number of amides is 3. The van der Waals surface area contributed by atoms with E-state index in [2.05, 4.69) is 17.2 Å². The number of rotatable bonds is 7. The fourth-order valence-corrected chi connectivity index (χ4v) is 3.81. The molecule has 1 aliphatic rings. The van der Waals surface area contributed by atoms with Crippen molar-refractivity contribution in [3.8, 4) is 0 Å². The molecule has 0 aliphatic carbocycles. The third-order valence-corrected chi connectivity index (χ3v) is 5.62. The average Bonchev–Trinajstić information content (AvgIpc) is 2.81. The van der Waals surface area contributed by atoms with Gasteiger partial charge in [-0.05, 0) is 49.9 Å². The molecule has 162 valence electrons. The van der Waals surface area contributed by atoms with E-state index >= 15 is 0 Å². The van der Waals surface area contributed by atoms with Gasteiger partial charge in [-0.1, -0.05) is 42.0 Å². The molecule has 0 radical (unpaired) electrons. The maximum atomic E-state index is 12.8. The van der Waals surface area contributed by atoms with Gasteiger partial charge in [-0.25, -0.2) is 0 Å². The van der Waals surface area contributed by atoms with Gasteiger partial charge < -0.3 is 15.5 Å². The molecule has 1 heterocycles. The molecule has 0 spiro atoms. The fourth-order valence-electron chi connectivity index (χ4n) is 3.81. The highest BCUT2D eigenvalue weighted by atomic mass is 16.2. The first kappa shape index (κ1) is 22.3. The number of hydrogen-bond acceptors (Lipinski definition) is 3. The molecular weight excluding hydrogens is 390 g/mol.